The lowest BCUT2D eigenvalue weighted by atomic mass is 10.1. The second-order valence-electron chi connectivity index (χ2n) is 5.06. The molecule has 22 heavy (non-hydrogen) atoms. The molecule has 110 valence electrons. The Morgan fingerprint density at radius 2 is 1.86 bits per heavy atom. The molecule has 0 bridgehead atoms. The van der Waals surface area contributed by atoms with Crippen LogP contribution in [-0.2, 0) is 11.3 Å². The summed E-state index contributed by atoms with van der Waals surface area (Å²) in [4.78, 5) is 23.4. The topological polar surface area (TPSA) is 48.3 Å². The van der Waals surface area contributed by atoms with Gasteiger partial charge in [0.1, 0.15) is 12.3 Å². The fraction of sp³-hybridized carbons (Fsp3) is 0.111. The molecule has 2 aromatic carbocycles. The van der Waals surface area contributed by atoms with Crippen molar-refractivity contribution in [2.75, 3.05) is 0 Å². The Kier molecular flexibility index (Phi) is 3.74. The zero-order valence-electron chi connectivity index (χ0n) is 12.2. The van der Waals surface area contributed by atoms with Crippen molar-refractivity contribution in [2.24, 2.45) is 0 Å². The molecule has 0 saturated heterocycles. The number of rotatable bonds is 4. The SMILES string of the molecule is CC(=O)c1cccc(OC(=O)Cn2ccc3ccccc32)c1. The molecule has 0 radical (unpaired) electrons. The molecule has 0 atom stereocenters. The molecule has 0 fully saturated rings. The number of ketones is 1. The number of hydrogen-bond acceptors (Lipinski definition) is 3. The number of para-hydroxylation sites is 1. The van der Waals surface area contributed by atoms with Crippen molar-refractivity contribution in [3.05, 3.63) is 66.4 Å². The Balaban J connectivity index is 1.75. The van der Waals surface area contributed by atoms with E-state index in [2.05, 4.69) is 0 Å². The van der Waals surface area contributed by atoms with E-state index >= 15 is 0 Å². The molecule has 4 heteroatoms. The standard InChI is InChI=1S/C18H15NO3/c1-13(20)15-6-4-7-16(11-15)22-18(21)12-19-10-9-14-5-2-3-8-17(14)19/h2-11H,12H2,1H3. The van der Waals surface area contributed by atoms with Crippen molar-refractivity contribution in [1.29, 1.82) is 0 Å². The lowest BCUT2D eigenvalue weighted by Crippen LogP contribution is -2.15. The summed E-state index contributed by atoms with van der Waals surface area (Å²) in [5.74, 6) is -0.0504. The molecule has 4 nitrogen and oxygen atoms in total. The molecular weight excluding hydrogens is 278 g/mol. The van der Waals surface area contributed by atoms with Crippen LogP contribution in [0.15, 0.2) is 60.8 Å². The summed E-state index contributed by atoms with van der Waals surface area (Å²) in [6.45, 7) is 1.60. The van der Waals surface area contributed by atoms with Crippen LogP contribution in [0.2, 0.25) is 0 Å². The number of esters is 1. The maximum absolute atomic E-state index is 12.1. The van der Waals surface area contributed by atoms with Gasteiger partial charge in [-0.05, 0) is 36.6 Å². The molecule has 0 aliphatic carbocycles. The average Bonchev–Trinajstić information content (AvgIpc) is 2.91. The van der Waals surface area contributed by atoms with Crippen LogP contribution in [0.1, 0.15) is 17.3 Å². The Hall–Kier alpha value is -2.88. The summed E-state index contributed by atoms with van der Waals surface area (Å²) < 4.78 is 7.16. The van der Waals surface area contributed by atoms with E-state index in [0.717, 1.165) is 10.9 Å². The number of nitrogens with zero attached hydrogens (tertiary/aromatic N) is 1. The highest BCUT2D eigenvalue weighted by Crippen LogP contribution is 2.17. The van der Waals surface area contributed by atoms with Gasteiger partial charge < -0.3 is 9.30 Å². The van der Waals surface area contributed by atoms with Crippen LogP contribution >= 0.6 is 0 Å². The van der Waals surface area contributed by atoms with Crippen LogP contribution in [0, 0.1) is 0 Å². The summed E-state index contributed by atoms with van der Waals surface area (Å²) in [6, 6.07) is 16.4. The minimum atomic E-state index is -0.373. The van der Waals surface area contributed by atoms with Gasteiger partial charge in [0.05, 0.1) is 0 Å². The molecule has 0 aliphatic rings. The lowest BCUT2D eigenvalue weighted by molar-refractivity contribution is -0.134. The molecule has 0 N–H and O–H groups in total. The minimum absolute atomic E-state index is 0.0608. The molecule has 1 heterocycles. The van der Waals surface area contributed by atoms with E-state index in [1.165, 1.54) is 6.92 Å². The van der Waals surface area contributed by atoms with Gasteiger partial charge in [-0.25, -0.2) is 4.79 Å². The number of benzene rings is 2. The first-order valence-corrected chi connectivity index (χ1v) is 6.99. The van der Waals surface area contributed by atoms with Crippen LogP contribution in [0.4, 0.5) is 0 Å². The molecule has 0 spiro atoms. The average molecular weight is 293 g/mol. The van der Waals surface area contributed by atoms with E-state index in [-0.39, 0.29) is 18.3 Å². The second-order valence-corrected chi connectivity index (χ2v) is 5.06. The van der Waals surface area contributed by atoms with Gasteiger partial charge in [-0.3, -0.25) is 4.79 Å². The third-order valence-electron chi connectivity index (χ3n) is 3.45. The predicted molar refractivity (Wildman–Crippen MR) is 84.0 cm³/mol. The van der Waals surface area contributed by atoms with Gasteiger partial charge in [0, 0.05) is 17.3 Å². The Bertz CT molecular complexity index is 848. The fourth-order valence-electron chi connectivity index (χ4n) is 2.36. The van der Waals surface area contributed by atoms with Gasteiger partial charge >= 0.3 is 5.97 Å². The third kappa shape index (κ3) is 2.91. The molecule has 0 aliphatic heterocycles. The van der Waals surface area contributed by atoms with E-state index in [1.54, 1.807) is 24.3 Å². The van der Waals surface area contributed by atoms with E-state index in [0.29, 0.717) is 11.3 Å². The summed E-state index contributed by atoms with van der Waals surface area (Å²) in [5.41, 5.74) is 1.51. The van der Waals surface area contributed by atoms with Gasteiger partial charge in [0.25, 0.3) is 0 Å². The quantitative estimate of drug-likeness (QED) is 0.420. The van der Waals surface area contributed by atoms with Crippen LogP contribution < -0.4 is 4.74 Å². The maximum Gasteiger partial charge on any atom is 0.331 e. The number of fused-ring (bicyclic) bond motifs is 1. The van der Waals surface area contributed by atoms with E-state index in [9.17, 15) is 9.59 Å². The van der Waals surface area contributed by atoms with E-state index in [4.69, 9.17) is 4.74 Å². The highest BCUT2D eigenvalue weighted by atomic mass is 16.5. The number of carbonyl (C=O) groups is 2. The largest absolute Gasteiger partial charge is 0.425 e. The van der Waals surface area contributed by atoms with Crippen LogP contribution in [0.3, 0.4) is 0 Å². The zero-order valence-corrected chi connectivity index (χ0v) is 12.2. The summed E-state index contributed by atoms with van der Waals surface area (Å²) in [5, 5.41) is 1.08. The van der Waals surface area contributed by atoms with Crippen molar-refractivity contribution in [3.63, 3.8) is 0 Å². The molecule has 3 aromatic rings. The predicted octanol–water partition coefficient (Wildman–Crippen LogP) is 3.45. The zero-order chi connectivity index (χ0) is 15.5. The first-order chi connectivity index (χ1) is 10.6. The van der Waals surface area contributed by atoms with Crippen LogP contribution in [-0.4, -0.2) is 16.3 Å². The maximum atomic E-state index is 12.1. The normalized spacial score (nSPS) is 10.6. The third-order valence-corrected chi connectivity index (χ3v) is 3.45. The van der Waals surface area contributed by atoms with Crippen molar-refractivity contribution >= 4 is 22.7 Å². The fourth-order valence-corrected chi connectivity index (χ4v) is 2.36. The molecule has 0 unspecified atom stereocenters. The van der Waals surface area contributed by atoms with Crippen LogP contribution in [0.5, 0.6) is 5.75 Å². The number of aromatic nitrogens is 1. The molecule has 0 saturated carbocycles. The highest BCUT2D eigenvalue weighted by Gasteiger charge is 2.09. The smallest absolute Gasteiger partial charge is 0.331 e. The Morgan fingerprint density at radius 1 is 1.05 bits per heavy atom. The number of carbonyl (C=O) groups excluding carboxylic acids is 2. The number of Topliss-reactive ketones (excluding diaryl/α,β-unsaturated/α-hetero) is 1. The molecular formula is C18H15NO3. The van der Waals surface area contributed by atoms with Gasteiger partial charge in [0.2, 0.25) is 0 Å². The first kappa shape index (κ1) is 14.1. The summed E-state index contributed by atoms with van der Waals surface area (Å²) >= 11 is 0. The minimum Gasteiger partial charge on any atom is -0.425 e. The van der Waals surface area contributed by atoms with Crippen molar-refractivity contribution < 1.29 is 14.3 Å². The van der Waals surface area contributed by atoms with Crippen molar-refractivity contribution in [3.8, 4) is 5.75 Å². The molecule has 1 aromatic heterocycles. The molecule has 3 rings (SSSR count). The highest BCUT2D eigenvalue weighted by molar-refractivity contribution is 5.94. The van der Waals surface area contributed by atoms with E-state index in [1.807, 2.05) is 41.1 Å². The van der Waals surface area contributed by atoms with Gasteiger partial charge in [0.15, 0.2) is 5.78 Å². The van der Waals surface area contributed by atoms with Crippen LogP contribution in [0.25, 0.3) is 10.9 Å². The summed E-state index contributed by atoms with van der Waals surface area (Å²) in [7, 11) is 0. The van der Waals surface area contributed by atoms with E-state index < -0.39 is 0 Å². The first-order valence-electron chi connectivity index (χ1n) is 6.99. The number of hydrogen-bond donors (Lipinski definition) is 0. The van der Waals surface area contributed by atoms with Crippen molar-refractivity contribution in [2.45, 2.75) is 13.5 Å². The lowest BCUT2D eigenvalue weighted by Gasteiger charge is -2.07. The Morgan fingerprint density at radius 3 is 2.68 bits per heavy atom. The van der Waals surface area contributed by atoms with Gasteiger partial charge in [-0.1, -0.05) is 30.3 Å². The second kappa shape index (κ2) is 5.85. The number of ether oxygens (including phenoxy) is 1. The summed E-state index contributed by atoms with van der Waals surface area (Å²) in [6.07, 6.45) is 1.86. The monoisotopic (exact) mass is 293 g/mol. The van der Waals surface area contributed by atoms with Gasteiger partial charge in [-0.15, -0.1) is 0 Å². The molecule has 0 amide bonds. The Labute approximate surface area is 127 Å². The van der Waals surface area contributed by atoms with Gasteiger partial charge in [-0.2, -0.15) is 0 Å². The van der Waals surface area contributed by atoms with Crippen molar-refractivity contribution in [1.82, 2.24) is 4.57 Å².